The van der Waals surface area contributed by atoms with Gasteiger partial charge in [-0.25, -0.2) is 0 Å². The van der Waals surface area contributed by atoms with Gasteiger partial charge in [-0.1, -0.05) is 6.07 Å². The number of hydrogen-bond donors (Lipinski definition) is 0. The first-order valence-electron chi connectivity index (χ1n) is 6.73. The van der Waals surface area contributed by atoms with E-state index in [2.05, 4.69) is 31.2 Å². The second-order valence-corrected chi connectivity index (χ2v) is 5.01. The Balaban J connectivity index is 1.58. The van der Waals surface area contributed by atoms with Gasteiger partial charge in [0.25, 0.3) is 0 Å². The fraction of sp³-hybridized carbons (Fsp3) is 0.286. The fourth-order valence-electron chi connectivity index (χ4n) is 2.71. The fourth-order valence-corrected chi connectivity index (χ4v) is 2.71. The van der Waals surface area contributed by atoms with Gasteiger partial charge in [0.05, 0.1) is 0 Å². The molecule has 1 saturated heterocycles. The first-order valence-corrected chi connectivity index (χ1v) is 6.73. The maximum Gasteiger partial charge on any atom is 0.177 e. The van der Waals surface area contributed by atoms with E-state index in [1.54, 1.807) is 10.8 Å². The highest BCUT2D eigenvalue weighted by Gasteiger charge is 2.25. The number of fused-ring (bicyclic) bond motifs is 1. The van der Waals surface area contributed by atoms with Gasteiger partial charge < -0.3 is 4.90 Å². The van der Waals surface area contributed by atoms with E-state index < -0.39 is 0 Å². The number of pyridine rings is 1. The van der Waals surface area contributed by atoms with Crippen molar-refractivity contribution in [1.82, 2.24) is 24.8 Å². The molecule has 4 heterocycles. The van der Waals surface area contributed by atoms with Crippen molar-refractivity contribution in [2.45, 2.75) is 12.3 Å². The number of nitrogens with zero attached hydrogens (tertiary/aromatic N) is 6. The zero-order valence-corrected chi connectivity index (χ0v) is 10.9. The first-order chi connectivity index (χ1) is 9.90. The predicted octanol–water partition coefficient (Wildman–Crippen LogP) is 1.51. The van der Waals surface area contributed by atoms with Crippen LogP contribution in [0.2, 0.25) is 0 Å². The van der Waals surface area contributed by atoms with Gasteiger partial charge in [0, 0.05) is 30.9 Å². The van der Waals surface area contributed by atoms with Gasteiger partial charge in [-0.05, 0) is 30.7 Å². The molecule has 6 heteroatoms. The van der Waals surface area contributed by atoms with Crippen LogP contribution < -0.4 is 4.90 Å². The van der Waals surface area contributed by atoms with E-state index in [9.17, 15) is 0 Å². The number of hydrogen-bond acceptors (Lipinski definition) is 5. The molecule has 4 rings (SSSR count). The van der Waals surface area contributed by atoms with Crippen molar-refractivity contribution in [1.29, 1.82) is 0 Å². The minimum Gasteiger partial charge on any atom is -0.354 e. The molecular formula is C14H14N6. The normalized spacial score (nSPS) is 18.8. The second kappa shape index (κ2) is 4.56. The minimum atomic E-state index is 0.481. The van der Waals surface area contributed by atoms with Crippen molar-refractivity contribution in [3.63, 3.8) is 0 Å². The van der Waals surface area contributed by atoms with E-state index in [-0.39, 0.29) is 0 Å². The van der Waals surface area contributed by atoms with E-state index in [1.807, 2.05) is 30.5 Å². The van der Waals surface area contributed by atoms with Crippen LogP contribution in [0.15, 0.2) is 42.9 Å². The topological polar surface area (TPSA) is 59.2 Å². The monoisotopic (exact) mass is 266 g/mol. The van der Waals surface area contributed by atoms with Crippen LogP contribution in [0.5, 0.6) is 0 Å². The van der Waals surface area contributed by atoms with E-state index in [0.29, 0.717) is 5.92 Å². The molecule has 0 saturated carbocycles. The molecule has 3 aromatic heterocycles. The molecule has 0 aliphatic carbocycles. The first kappa shape index (κ1) is 11.3. The smallest absolute Gasteiger partial charge is 0.177 e. The van der Waals surface area contributed by atoms with Gasteiger partial charge >= 0.3 is 0 Å². The third kappa shape index (κ3) is 1.89. The van der Waals surface area contributed by atoms with Crippen LogP contribution in [-0.2, 0) is 0 Å². The van der Waals surface area contributed by atoms with Gasteiger partial charge in [-0.2, -0.15) is 4.52 Å². The van der Waals surface area contributed by atoms with E-state index in [0.717, 1.165) is 31.0 Å². The van der Waals surface area contributed by atoms with Crippen molar-refractivity contribution >= 4 is 11.5 Å². The standard InChI is InChI=1S/C14H14N6/c1-2-7-15-12(3-1)11-6-8-19(9-11)14-5-4-13-17-16-10-20(13)18-14/h1-5,7,10-11H,6,8-9H2. The molecular weight excluding hydrogens is 252 g/mol. The Labute approximate surface area is 116 Å². The molecule has 1 fully saturated rings. The molecule has 6 nitrogen and oxygen atoms in total. The van der Waals surface area contributed by atoms with Crippen LogP contribution in [0, 0.1) is 0 Å². The quantitative estimate of drug-likeness (QED) is 0.703. The predicted molar refractivity (Wildman–Crippen MR) is 74.6 cm³/mol. The third-order valence-electron chi connectivity index (χ3n) is 3.77. The van der Waals surface area contributed by atoms with Crippen LogP contribution in [-0.4, -0.2) is 37.9 Å². The van der Waals surface area contributed by atoms with Crippen molar-refractivity contribution < 1.29 is 0 Å². The van der Waals surface area contributed by atoms with E-state index >= 15 is 0 Å². The zero-order valence-electron chi connectivity index (χ0n) is 10.9. The van der Waals surface area contributed by atoms with Crippen molar-refractivity contribution in [2.75, 3.05) is 18.0 Å². The van der Waals surface area contributed by atoms with Gasteiger partial charge in [0.15, 0.2) is 5.65 Å². The lowest BCUT2D eigenvalue weighted by Crippen LogP contribution is -2.21. The molecule has 1 aliphatic heterocycles. The summed E-state index contributed by atoms with van der Waals surface area (Å²) >= 11 is 0. The highest BCUT2D eigenvalue weighted by molar-refractivity contribution is 5.46. The summed E-state index contributed by atoms with van der Waals surface area (Å²) in [7, 11) is 0. The van der Waals surface area contributed by atoms with Gasteiger partial charge in [0.1, 0.15) is 12.1 Å². The molecule has 0 radical (unpaired) electrons. The van der Waals surface area contributed by atoms with Gasteiger partial charge in [-0.3, -0.25) is 4.98 Å². The summed E-state index contributed by atoms with van der Waals surface area (Å²) in [6, 6.07) is 10.1. The molecule has 1 unspecified atom stereocenters. The van der Waals surface area contributed by atoms with Crippen LogP contribution >= 0.6 is 0 Å². The Morgan fingerprint density at radius 3 is 3.05 bits per heavy atom. The number of rotatable bonds is 2. The van der Waals surface area contributed by atoms with Crippen molar-refractivity contribution in [3.05, 3.63) is 48.5 Å². The Morgan fingerprint density at radius 1 is 1.15 bits per heavy atom. The van der Waals surface area contributed by atoms with E-state index in [1.165, 1.54) is 5.69 Å². The molecule has 20 heavy (non-hydrogen) atoms. The van der Waals surface area contributed by atoms with Crippen LogP contribution in [0.4, 0.5) is 5.82 Å². The molecule has 100 valence electrons. The highest BCUT2D eigenvalue weighted by Crippen LogP contribution is 2.28. The lowest BCUT2D eigenvalue weighted by Gasteiger charge is -2.17. The van der Waals surface area contributed by atoms with Gasteiger partial charge in [0.2, 0.25) is 0 Å². The molecule has 0 amide bonds. The molecule has 0 bridgehead atoms. The summed E-state index contributed by atoms with van der Waals surface area (Å²) in [6.45, 7) is 1.96. The average Bonchev–Trinajstić information content (AvgIpc) is 3.16. The van der Waals surface area contributed by atoms with Crippen molar-refractivity contribution in [3.8, 4) is 0 Å². The molecule has 1 atom stereocenters. The lowest BCUT2D eigenvalue weighted by atomic mass is 10.0. The van der Waals surface area contributed by atoms with Crippen LogP contribution in [0.1, 0.15) is 18.0 Å². The Hall–Kier alpha value is -2.50. The summed E-state index contributed by atoms with van der Waals surface area (Å²) in [4.78, 5) is 6.75. The minimum absolute atomic E-state index is 0.481. The number of aromatic nitrogens is 5. The second-order valence-electron chi connectivity index (χ2n) is 5.01. The van der Waals surface area contributed by atoms with E-state index in [4.69, 9.17) is 0 Å². The Morgan fingerprint density at radius 2 is 2.15 bits per heavy atom. The maximum absolute atomic E-state index is 4.54. The van der Waals surface area contributed by atoms with Crippen LogP contribution in [0.3, 0.4) is 0 Å². The Kier molecular flexibility index (Phi) is 2.58. The maximum atomic E-state index is 4.54. The average molecular weight is 266 g/mol. The molecule has 0 N–H and O–H groups in total. The number of anilines is 1. The van der Waals surface area contributed by atoms with Gasteiger partial charge in [-0.15, -0.1) is 15.3 Å². The molecule has 3 aromatic rings. The summed E-state index contributed by atoms with van der Waals surface area (Å²) in [5, 5.41) is 12.4. The molecule has 0 aromatic carbocycles. The zero-order chi connectivity index (χ0) is 13.4. The Bertz CT molecular complexity index is 723. The third-order valence-corrected chi connectivity index (χ3v) is 3.77. The molecule has 1 aliphatic rings. The van der Waals surface area contributed by atoms with Crippen LogP contribution in [0.25, 0.3) is 5.65 Å². The summed E-state index contributed by atoms with van der Waals surface area (Å²) in [6.07, 6.45) is 4.60. The van der Waals surface area contributed by atoms with Crippen molar-refractivity contribution in [2.24, 2.45) is 0 Å². The SMILES string of the molecule is c1ccc(C2CCN(c3ccc4nncn4n3)C2)nc1. The molecule has 0 spiro atoms. The summed E-state index contributed by atoms with van der Waals surface area (Å²) < 4.78 is 1.71. The summed E-state index contributed by atoms with van der Waals surface area (Å²) in [5.41, 5.74) is 1.94. The highest BCUT2D eigenvalue weighted by atomic mass is 15.4. The lowest BCUT2D eigenvalue weighted by molar-refractivity contribution is 0.742. The summed E-state index contributed by atoms with van der Waals surface area (Å²) in [5.74, 6) is 1.45. The largest absolute Gasteiger partial charge is 0.354 e.